The van der Waals surface area contributed by atoms with Gasteiger partial charge in [0.2, 0.25) is 0 Å². The molecule has 0 aliphatic rings. The highest BCUT2D eigenvalue weighted by molar-refractivity contribution is 9.10. The van der Waals surface area contributed by atoms with Gasteiger partial charge in [0.15, 0.2) is 0 Å². The predicted octanol–water partition coefficient (Wildman–Crippen LogP) is 3.35. The lowest BCUT2D eigenvalue weighted by Crippen LogP contribution is -2.17. The van der Waals surface area contributed by atoms with Gasteiger partial charge in [0.25, 0.3) is 0 Å². The largest absolute Gasteiger partial charge is 0.380 e. The van der Waals surface area contributed by atoms with E-state index in [-0.39, 0.29) is 6.04 Å². The summed E-state index contributed by atoms with van der Waals surface area (Å²) in [6, 6.07) is 2.12. The molecule has 0 amide bonds. The first kappa shape index (κ1) is 12.7. The number of rotatable bonds is 3. The Morgan fingerprint density at radius 1 is 1.47 bits per heavy atom. The molecule has 0 aliphatic heterocycles. The second-order valence-electron chi connectivity index (χ2n) is 3.86. The van der Waals surface area contributed by atoms with Gasteiger partial charge in [-0.25, -0.2) is 0 Å². The van der Waals surface area contributed by atoms with Gasteiger partial charge in [-0.2, -0.15) is 0 Å². The van der Waals surface area contributed by atoms with Gasteiger partial charge in [-0.05, 0) is 42.8 Å². The molecule has 1 rings (SSSR count). The molecular formula is C10H16BrN3S. The maximum absolute atomic E-state index is 5.89. The molecule has 0 aromatic carbocycles. The van der Waals surface area contributed by atoms with Gasteiger partial charge in [0.1, 0.15) is 0 Å². The average Bonchev–Trinajstić information content (AvgIpc) is 2.08. The Morgan fingerprint density at radius 2 is 2.07 bits per heavy atom. The molecule has 1 aromatic heterocycles. The number of aromatic amines is 1. The second-order valence-corrected chi connectivity index (χ2v) is 5.15. The normalized spacial score (nSPS) is 12.9. The van der Waals surface area contributed by atoms with Crippen molar-refractivity contribution in [2.24, 2.45) is 5.73 Å². The first-order valence-corrected chi connectivity index (χ1v) is 6.06. The first-order valence-electron chi connectivity index (χ1n) is 4.86. The summed E-state index contributed by atoms with van der Waals surface area (Å²) < 4.78 is 1.63. The minimum Gasteiger partial charge on any atom is -0.380 e. The molecule has 5 heteroatoms. The minimum atomic E-state index is -0.0783. The van der Waals surface area contributed by atoms with Crippen LogP contribution in [0.25, 0.3) is 0 Å². The molecule has 1 aromatic rings. The predicted molar refractivity (Wildman–Crippen MR) is 70.7 cm³/mol. The van der Waals surface area contributed by atoms with Crippen LogP contribution in [0.5, 0.6) is 0 Å². The number of anilines is 1. The summed E-state index contributed by atoms with van der Waals surface area (Å²) in [5, 5.41) is 3.31. The van der Waals surface area contributed by atoms with Crippen molar-refractivity contribution in [1.29, 1.82) is 0 Å². The van der Waals surface area contributed by atoms with Crippen molar-refractivity contribution in [3.63, 3.8) is 0 Å². The van der Waals surface area contributed by atoms with E-state index < -0.39 is 0 Å². The van der Waals surface area contributed by atoms with Gasteiger partial charge >= 0.3 is 0 Å². The smallest absolute Gasteiger partial charge is 0.0837 e. The Balaban J connectivity index is 3.27. The van der Waals surface area contributed by atoms with Crippen molar-refractivity contribution in [2.75, 3.05) is 5.32 Å². The molecule has 1 atom stereocenters. The number of aromatic nitrogens is 1. The zero-order valence-corrected chi connectivity index (χ0v) is 11.5. The number of hydrogen-bond acceptors (Lipinski definition) is 3. The summed E-state index contributed by atoms with van der Waals surface area (Å²) in [5.74, 6) is 0. The Bertz CT molecular complexity index is 398. The van der Waals surface area contributed by atoms with Crippen LogP contribution in [-0.2, 0) is 0 Å². The number of H-pyrrole nitrogens is 1. The summed E-state index contributed by atoms with van der Waals surface area (Å²) >= 11 is 8.67. The zero-order valence-electron chi connectivity index (χ0n) is 9.10. The molecule has 0 saturated carbocycles. The third-order valence-corrected chi connectivity index (χ3v) is 2.67. The van der Waals surface area contributed by atoms with Crippen LogP contribution >= 0.6 is 28.1 Å². The molecule has 0 aliphatic carbocycles. The quantitative estimate of drug-likeness (QED) is 0.591. The summed E-state index contributed by atoms with van der Waals surface area (Å²) in [4.78, 5) is 3.18. The van der Waals surface area contributed by atoms with Gasteiger partial charge in [0.05, 0.1) is 20.5 Å². The van der Waals surface area contributed by atoms with Crippen LogP contribution in [0.1, 0.15) is 32.5 Å². The van der Waals surface area contributed by atoms with E-state index in [2.05, 4.69) is 40.1 Å². The summed E-state index contributed by atoms with van der Waals surface area (Å²) in [7, 11) is 0. The average molecular weight is 290 g/mol. The lowest BCUT2D eigenvalue weighted by molar-refractivity contribution is 0.771. The maximum Gasteiger partial charge on any atom is 0.0837 e. The first-order chi connectivity index (χ1) is 6.91. The van der Waals surface area contributed by atoms with Gasteiger partial charge in [-0.1, -0.05) is 12.2 Å². The van der Waals surface area contributed by atoms with E-state index >= 15 is 0 Å². The van der Waals surface area contributed by atoms with Gasteiger partial charge in [-0.15, -0.1) is 0 Å². The van der Waals surface area contributed by atoms with Crippen LogP contribution < -0.4 is 11.1 Å². The fourth-order valence-electron chi connectivity index (χ4n) is 1.33. The SMILES string of the molecule is CC(C)Nc1c(C(C)N)[nH]c(Br)cc1=S. The molecular weight excluding hydrogens is 274 g/mol. The third-order valence-electron chi connectivity index (χ3n) is 1.92. The van der Waals surface area contributed by atoms with Crippen LogP contribution in [0.2, 0.25) is 0 Å². The summed E-state index contributed by atoms with van der Waals surface area (Å²) in [6.45, 7) is 6.07. The maximum atomic E-state index is 5.89. The third kappa shape index (κ3) is 3.29. The highest BCUT2D eigenvalue weighted by atomic mass is 79.9. The van der Waals surface area contributed by atoms with Gasteiger partial charge in [0, 0.05) is 12.1 Å². The molecule has 15 heavy (non-hydrogen) atoms. The fraction of sp³-hybridized carbons (Fsp3) is 0.500. The van der Waals surface area contributed by atoms with Crippen molar-refractivity contribution in [1.82, 2.24) is 4.98 Å². The molecule has 0 spiro atoms. The van der Waals surface area contributed by atoms with Crippen molar-refractivity contribution >= 4 is 33.8 Å². The Hall–Kier alpha value is -0.390. The fourth-order valence-corrected chi connectivity index (χ4v) is 2.21. The van der Waals surface area contributed by atoms with Crippen LogP contribution in [0.3, 0.4) is 0 Å². The molecule has 0 fully saturated rings. The Morgan fingerprint density at radius 3 is 2.53 bits per heavy atom. The molecule has 1 unspecified atom stereocenters. The lowest BCUT2D eigenvalue weighted by Gasteiger charge is -2.17. The monoisotopic (exact) mass is 289 g/mol. The van der Waals surface area contributed by atoms with E-state index in [9.17, 15) is 0 Å². The van der Waals surface area contributed by atoms with Crippen LogP contribution in [0.4, 0.5) is 5.69 Å². The Kier molecular flexibility index (Phi) is 4.31. The molecule has 3 nitrogen and oxygen atoms in total. The van der Waals surface area contributed by atoms with E-state index in [0.29, 0.717) is 6.04 Å². The highest BCUT2D eigenvalue weighted by Crippen LogP contribution is 2.24. The van der Waals surface area contributed by atoms with Gasteiger partial charge < -0.3 is 16.0 Å². The van der Waals surface area contributed by atoms with E-state index in [1.54, 1.807) is 0 Å². The number of nitrogens with one attached hydrogen (secondary N) is 2. The molecule has 4 N–H and O–H groups in total. The molecule has 0 bridgehead atoms. The number of pyridine rings is 1. The zero-order chi connectivity index (χ0) is 11.6. The summed E-state index contributed by atoms with van der Waals surface area (Å²) in [5.41, 5.74) is 7.75. The van der Waals surface area contributed by atoms with E-state index in [4.69, 9.17) is 18.0 Å². The number of nitrogens with two attached hydrogens (primary N) is 1. The second kappa shape index (κ2) is 5.09. The lowest BCUT2D eigenvalue weighted by atomic mass is 10.2. The van der Waals surface area contributed by atoms with Crippen molar-refractivity contribution in [3.05, 3.63) is 20.9 Å². The van der Waals surface area contributed by atoms with E-state index in [0.717, 1.165) is 20.5 Å². The van der Waals surface area contributed by atoms with Crippen molar-refractivity contribution in [2.45, 2.75) is 32.9 Å². The Labute approximate surface area is 104 Å². The van der Waals surface area contributed by atoms with Crippen molar-refractivity contribution in [3.8, 4) is 0 Å². The van der Waals surface area contributed by atoms with Crippen molar-refractivity contribution < 1.29 is 0 Å². The van der Waals surface area contributed by atoms with Crippen LogP contribution in [-0.4, -0.2) is 11.0 Å². The van der Waals surface area contributed by atoms with Crippen LogP contribution in [0, 0.1) is 4.51 Å². The molecule has 0 radical (unpaired) electrons. The standard InChI is InChI=1S/C10H16BrN3S/c1-5(2)13-10-7(15)4-8(11)14-9(10)6(3)12/h4-6,13H,12H2,1-3H3,(H,14,15). The van der Waals surface area contributed by atoms with Crippen LogP contribution in [0.15, 0.2) is 10.7 Å². The van der Waals surface area contributed by atoms with E-state index in [1.807, 2.05) is 13.0 Å². The molecule has 84 valence electrons. The molecule has 0 saturated heterocycles. The van der Waals surface area contributed by atoms with Gasteiger partial charge in [-0.3, -0.25) is 0 Å². The summed E-state index contributed by atoms with van der Waals surface area (Å²) in [6.07, 6.45) is 0. The minimum absolute atomic E-state index is 0.0783. The molecule has 1 heterocycles. The number of halogens is 1. The highest BCUT2D eigenvalue weighted by Gasteiger charge is 2.10. The topological polar surface area (TPSA) is 53.8 Å². The number of hydrogen-bond donors (Lipinski definition) is 3. The van der Waals surface area contributed by atoms with E-state index in [1.165, 1.54) is 0 Å².